The van der Waals surface area contributed by atoms with Gasteiger partial charge in [0.15, 0.2) is 0 Å². The average Bonchev–Trinajstić information content (AvgIpc) is 2.87. The van der Waals surface area contributed by atoms with Crippen molar-refractivity contribution in [1.29, 1.82) is 0 Å². The zero-order chi connectivity index (χ0) is 8.65. The zero-order valence-electron chi connectivity index (χ0n) is 7.93. The first-order chi connectivity index (χ1) is 5.93. The Bertz CT molecular complexity index is 116. The van der Waals surface area contributed by atoms with Crippen LogP contribution in [-0.2, 0) is 4.74 Å². The van der Waals surface area contributed by atoms with Crippen LogP contribution in [0.3, 0.4) is 0 Å². The second-order valence-electron chi connectivity index (χ2n) is 3.59. The Hall–Kier alpha value is -0.300. The normalized spacial score (nSPS) is 20.8. The minimum Gasteiger partial charge on any atom is -0.373 e. The molecule has 0 aliphatic carbocycles. The van der Waals surface area contributed by atoms with Crippen molar-refractivity contribution in [3.05, 3.63) is 12.7 Å². The van der Waals surface area contributed by atoms with E-state index < -0.39 is 0 Å². The monoisotopic (exact) mass is 168 g/mol. The molecule has 0 aromatic carbocycles. The topological polar surface area (TPSA) is 12.5 Å². The fourth-order valence-electron chi connectivity index (χ4n) is 1.43. The SMILES string of the molecule is C=CCCCCCCCC1CO1. The third-order valence-electron chi connectivity index (χ3n) is 2.34. The highest BCUT2D eigenvalue weighted by molar-refractivity contribution is 4.68. The number of hydrogen-bond acceptors (Lipinski definition) is 1. The maximum Gasteiger partial charge on any atom is 0.0810 e. The highest BCUT2D eigenvalue weighted by Gasteiger charge is 2.20. The molecule has 0 aromatic rings. The van der Waals surface area contributed by atoms with Crippen molar-refractivity contribution in [2.45, 2.75) is 51.0 Å². The molecule has 1 heteroatoms. The van der Waals surface area contributed by atoms with Crippen LogP contribution in [0, 0.1) is 0 Å². The summed E-state index contributed by atoms with van der Waals surface area (Å²) < 4.78 is 5.14. The highest BCUT2D eigenvalue weighted by Crippen LogP contribution is 2.17. The fourth-order valence-corrected chi connectivity index (χ4v) is 1.43. The molecule has 0 radical (unpaired) electrons. The Balaban J connectivity index is 1.67. The van der Waals surface area contributed by atoms with Crippen molar-refractivity contribution < 1.29 is 4.74 Å². The number of epoxide rings is 1. The Morgan fingerprint density at radius 3 is 2.50 bits per heavy atom. The van der Waals surface area contributed by atoms with Crippen LogP contribution in [-0.4, -0.2) is 12.7 Å². The summed E-state index contributed by atoms with van der Waals surface area (Å²) in [6.07, 6.45) is 12.0. The van der Waals surface area contributed by atoms with Crippen LogP contribution >= 0.6 is 0 Å². The molecule has 1 unspecified atom stereocenters. The molecule has 1 rings (SSSR count). The molecule has 0 bridgehead atoms. The average molecular weight is 168 g/mol. The number of unbranched alkanes of at least 4 members (excludes halogenated alkanes) is 5. The molecule has 0 spiro atoms. The van der Waals surface area contributed by atoms with Gasteiger partial charge in [-0.1, -0.05) is 31.8 Å². The Morgan fingerprint density at radius 2 is 1.83 bits per heavy atom. The lowest BCUT2D eigenvalue weighted by Gasteiger charge is -1.98. The van der Waals surface area contributed by atoms with Crippen LogP contribution in [0.1, 0.15) is 44.9 Å². The van der Waals surface area contributed by atoms with Crippen LogP contribution in [0.2, 0.25) is 0 Å². The van der Waals surface area contributed by atoms with Gasteiger partial charge >= 0.3 is 0 Å². The maximum atomic E-state index is 5.14. The van der Waals surface area contributed by atoms with Crippen molar-refractivity contribution >= 4 is 0 Å². The van der Waals surface area contributed by atoms with Crippen molar-refractivity contribution in [3.63, 3.8) is 0 Å². The van der Waals surface area contributed by atoms with Gasteiger partial charge in [-0.2, -0.15) is 0 Å². The first-order valence-corrected chi connectivity index (χ1v) is 5.16. The summed E-state index contributed by atoms with van der Waals surface area (Å²) in [6, 6.07) is 0. The predicted molar refractivity (Wildman–Crippen MR) is 52.3 cm³/mol. The maximum absolute atomic E-state index is 5.14. The van der Waals surface area contributed by atoms with Gasteiger partial charge in [0.2, 0.25) is 0 Å². The molecule has 0 N–H and O–H groups in total. The number of allylic oxidation sites excluding steroid dienone is 1. The minimum atomic E-state index is 0.637. The molecule has 0 saturated carbocycles. The van der Waals surface area contributed by atoms with Crippen LogP contribution in [0.15, 0.2) is 12.7 Å². The standard InChI is InChI=1S/C11H20O/c1-2-3-4-5-6-7-8-9-11-10-12-11/h2,11H,1,3-10H2. The third-order valence-corrected chi connectivity index (χ3v) is 2.34. The first-order valence-electron chi connectivity index (χ1n) is 5.16. The van der Waals surface area contributed by atoms with Gasteiger partial charge in [0.05, 0.1) is 12.7 Å². The van der Waals surface area contributed by atoms with E-state index in [2.05, 4.69) is 6.58 Å². The van der Waals surface area contributed by atoms with Crippen LogP contribution in [0.4, 0.5) is 0 Å². The molecule has 1 nitrogen and oxygen atoms in total. The van der Waals surface area contributed by atoms with E-state index >= 15 is 0 Å². The summed E-state index contributed by atoms with van der Waals surface area (Å²) in [6.45, 7) is 4.73. The number of rotatable bonds is 8. The fraction of sp³-hybridized carbons (Fsp3) is 0.818. The second-order valence-corrected chi connectivity index (χ2v) is 3.59. The molecule has 0 aromatic heterocycles. The van der Waals surface area contributed by atoms with E-state index in [1.807, 2.05) is 6.08 Å². The lowest BCUT2D eigenvalue weighted by molar-refractivity contribution is 0.387. The summed E-state index contributed by atoms with van der Waals surface area (Å²) in [4.78, 5) is 0. The molecule has 1 atom stereocenters. The molecule has 70 valence electrons. The Morgan fingerprint density at radius 1 is 1.17 bits per heavy atom. The van der Waals surface area contributed by atoms with E-state index in [0.29, 0.717) is 6.10 Å². The molecule has 1 fully saturated rings. The van der Waals surface area contributed by atoms with Gasteiger partial charge in [-0.25, -0.2) is 0 Å². The molecular formula is C11H20O. The van der Waals surface area contributed by atoms with Gasteiger partial charge in [-0.05, 0) is 19.3 Å². The largest absolute Gasteiger partial charge is 0.373 e. The van der Waals surface area contributed by atoms with Gasteiger partial charge in [-0.15, -0.1) is 6.58 Å². The molecular weight excluding hydrogens is 148 g/mol. The first kappa shape index (κ1) is 9.79. The van der Waals surface area contributed by atoms with E-state index in [1.54, 1.807) is 0 Å². The van der Waals surface area contributed by atoms with Gasteiger partial charge in [0, 0.05) is 0 Å². The predicted octanol–water partition coefficient (Wildman–Crippen LogP) is 3.30. The smallest absolute Gasteiger partial charge is 0.0810 e. The van der Waals surface area contributed by atoms with Crippen molar-refractivity contribution in [2.75, 3.05) is 6.61 Å². The van der Waals surface area contributed by atoms with Crippen LogP contribution in [0.25, 0.3) is 0 Å². The molecule has 1 aliphatic rings. The van der Waals surface area contributed by atoms with Crippen molar-refractivity contribution in [1.82, 2.24) is 0 Å². The number of hydrogen-bond donors (Lipinski definition) is 0. The van der Waals surface area contributed by atoms with E-state index in [1.165, 1.54) is 44.9 Å². The van der Waals surface area contributed by atoms with E-state index in [9.17, 15) is 0 Å². The quantitative estimate of drug-likeness (QED) is 0.308. The van der Waals surface area contributed by atoms with Crippen molar-refractivity contribution in [3.8, 4) is 0 Å². The van der Waals surface area contributed by atoms with Crippen LogP contribution in [0.5, 0.6) is 0 Å². The molecule has 12 heavy (non-hydrogen) atoms. The molecule has 0 amide bonds. The third kappa shape index (κ3) is 5.36. The zero-order valence-corrected chi connectivity index (χ0v) is 7.93. The van der Waals surface area contributed by atoms with Crippen LogP contribution < -0.4 is 0 Å². The number of ether oxygens (including phenoxy) is 1. The summed E-state index contributed by atoms with van der Waals surface area (Å²) >= 11 is 0. The van der Waals surface area contributed by atoms with E-state index in [0.717, 1.165) is 6.61 Å². The summed E-state index contributed by atoms with van der Waals surface area (Å²) in [5.74, 6) is 0. The molecule has 1 aliphatic heterocycles. The van der Waals surface area contributed by atoms with Gasteiger partial charge in [0.25, 0.3) is 0 Å². The minimum absolute atomic E-state index is 0.637. The second kappa shape index (κ2) is 6.24. The van der Waals surface area contributed by atoms with Crippen molar-refractivity contribution in [2.24, 2.45) is 0 Å². The lowest BCUT2D eigenvalue weighted by Crippen LogP contribution is -1.85. The van der Waals surface area contributed by atoms with Gasteiger partial charge < -0.3 is 4.74 Å². The lowest BCUT2D eigenvalue weighted by atomic mass is 10.1. The molecule has 1 heterocycles. The molecule has 1 saturated heterocycles. The van der Waals surface area contributed by atoms with Gasteiger partial charge in [0.1, 0.15) is 0 Å². The summed E-state index contributed by atoms with van der Waals surface area (Å²) in [7, 11) is 0. The summed E-state index contributed by atoms with van der Waals surface area (Å²) in [5.41, 5.74) is 0. The Kier molecular flexibility index (Phi) is 5.09. The van der Waals surface area contributed by atoms with E-state index in [-0.39, 0.29) is 0 Å². The van der Waals surface area contributed by atoms with Gasteiger partial charge in [-0.3, -0.25) is 0 Å². The Labute approximate surface area is 75.8 Å². The summed E-state index contributed by atoms with van der Waals surface area (Å²) in [5, 5.41) is 0. The highest BCUT2D eigenvalue weighted by atomic mass is 16.6. The van der Waals surface area contributed by atoms with E-state index in [4.69, 9.17) is 4.74 Å².